The Morgan fingerprint density at radius 1 is 1.31 bits per heavy atom. The number of hydrogen-bond donors (Lipinski definition) is 0. The first-order chi connectivity index (χ1) is 6.42. The molecule has 0 nitrogen and oxygen atoms in total. The molecule has 0 spiro atoms. The summed E-state index contributed by atoms with van der Waals surface area (Å²) in [7, 11) is 0. The fraction of sp³-hybridized carbons (Fsp3) is 0.167. The summed E-state index contributed by atoms with van der Waals surface area (Å²) in [6.45, 7) is 2.16. The van der Waals surface area contributed by atoms with Gasteiger partial charge in [-0.25, -0.2) is 0 Å². The van der Waals surface area contributed by atoms with E-state index in [0.29, 0.717) is 0 Å². The third-order valence-corrected chi connectivity index (χ3v) is 3.03. The van der Waals surface area contributed by atoms with Gasteiger partial charge in [-0.15, -0.1) is 11.3 Å². The predicted octanol–water partition coefficient (Wildman–Crippen LogP) is 4.32. The molecule has 0 unspecified atom stereocenters. The standard InChI is InChI=1S/C12H12S/c1-2-3-6-10-9-13-12-8-5-4-7-11(10)12/h3-9H,2H2,1H3/b6-3-. The molecular weight excluding hydrogens is 176 g/mol. The van der Waals surface area contributed by atoms with E-state index < -0.39 is 0 Å². The van der Waals surface area contributed by atoms with E-state index >= 15 is 0 Å². The molecule has 0 atom stereocenters. The highest BCUT2D eigenvalue weighted by atomic mass is 32.1. The van der Waals surface area contributed by atoms with Gasteiger partial charge in [0.25, 0.3) is 0 Å². The van der Waals surface area contributed by atoms with Crippen molar-refractivity contribution < 1.29 is 0 Å². The van der Waals surface area contributed by atoms with Gasteiger partial charge in [0.1, 0.15) is 0 Å². The zero-order valence-electron chi connectivity index (χ0n) is 7.66. The van der Waals surface area contributed by atoms with E-state index in [1.54, 1.807) is 0 Å². The maximum absolute atomic E-state index is 2.22. The van der Waals surface area contributed by atoms with Crippen LogP contribution in [0.5, 0.6) is 0 Å². The van der Waals surface area contributed by atoms with Gasteiger partial charge >= 0.3 is 0 Å². The van der Waals surface area contributed by atoms with Crippen molar-refractivity contribution in [3.63, 3.8) is 0 Å². The lowest BCUT2D eigenvalue weighted by Gasteiger charge is -1.89. The highest BCUT2D eigenvalue weighted by molar-refractivity contribution is 7.17. The van der Waals surface area contributed by atoms with Crippen molar-refractivity contribution in [2.45, 2.75) is 13.3 Å². The molecule has 66 valence electrons. The molecule has 13 heavy (non-hydrogen) atoms. The minimum Gasteiger partial charge on any atom is -0.143 e. The van der Waals surface area contributed by atoms with Crippen LogP contribution in [0.3, 0.4) is 0 Å². The molecule has 1 heteroatoms. The summed E-state index contributed by atoms with van der Waals surface area (Å²) in [5.74, 6) is 0. The smallest absolute Gasteiger partial charge is 0.0348 e. The molecule has 0 aliphatic heterocycles. The van der Waals surface area contributed by atoms with Crippen LogP contribution in [0, 0.1) is 0 Å². The van der Waals surface area contributed by atoms with E-state index in [1.807, 2.05) is 11.3 Å². The summed E-state index contributed by atoms with van der Waals surface area (Å²) in [6.07, 6.45) is 5.51. The average Bonchev–Trinajstić information content (AvgIpc) is 2.58. The van der Waals surface area contributed by atoms with E-state index in [9.17, 15) is 0 Å². The zero-order valence-corrected chi connectivity index (χ0v) is 8.47. The van der Waals surface area contributed by atoms with E-state index in [-0.39, 0.29) is 0 Å². The number of hydrogen-bond acceptors (Lipinski definition) is 1. The Labute approximate surface area is 82.5 Å². The molecule has 0 saturated carbocycles. The minimum absolute atomic E-state index is 1.10. The lowest BCUT2D eigenvalue weighted by molar-refractivity contribution is 1.23. The largest absolute Gasteiger partial charge is 0.143 e. The molecule has 2 rings (SSSR count). The first-order valence-corrected chi connectivity index (χ1v) is 5.42. The lowest BCUT2D eigenvalue weighted by Crippen LogP contribution is -1.66. The number of thiophene rings is 1. The van der Waals surface area contributed by atoms with Crippen LogP contribution in [0.15, 0.2) is 35.7 Å². The molecule has 0 N–H and O–H groups in total. The fourth-order valence-electron chi connectivity index (χ4n) is 1.37. The van der Waals surface area contributed by atoms with Crippen molar-refractivity contribution in [3.05, 3.63) is 41.3 Å². The molecule has 2 aromatic rings. The van der Waals surface area contributed by atoms with E-state index in [0.717, 1.165) is 6.42 Å². The monoisotopic (exact) mass is 188 g/mol. The van der Waals surface area contributed by atoms with Gasteiger partial charge < -0.3 is 0 Å². The SMILES string of the molecule is CC/C=C\c1csc2ccccc12. The van der Waals surface area contributed by atoms with Gasteiger partial charge in [-0.1, -0.05) is 37.3 Å². The molecule has 0 amide bonds. The van der Waals surface area contributed by atoms with Crippen molar-refractivity contribution >= 4 is 27.5 Å². The summed E-state index contributed by atoms with van der Waals surface area (Å²) < 4.78 is 1.37. The summed E-state index contributed by atoms with van der Waals surface area (Å²) >= 11 is 1.81. The third-order valence-electron chi connectivity index (χ3n) is 2.04. The van der Waals surface area contributed by atoms with Crippen LogP contribution in [0.25, 0.3) is 16.2 Å². The molecule has 0 aliphatic carbocycles. The molecule has 1 aromatic heterocycles. The molecule has 0 aliphatic rings. The van der Waals surface area contributed by atoms with Crippen molar-refractivity contribution in [3.8, 4) is 0 Å². The molecule has 0 fully saturated rings. The van der Waals surface area contributed by atoms with E-state index in [4.69, 9.17) is 0 Å². The minimum atomic E-state index is 1.10. The van der Waals surface area contributed by atoms with Crippen LogP contribution < -0.4 is 0 Å². The molecule has 1 heterocycles. The van der Waals surface area contributed by atoms with Crippen LogP contribution in [0.4, 0.5) is 0 Å². The van der Waals surface area contributed by atoms with Gasteiger partial charge in [-0.2, -0.15) is 0 Å². The molecule has 1 aromatic carbocycles. The van der Waals surface area contributed by atoms with Crippen LogP contribution in [0.2, 0.25) is 0 Å². The summed E-state index contributed by atoms with van der Waals surface area (Å²) in [4.78, 5) is 0. The number of benzene rings is 1. The van der Waals surface area contributed by atoms with Crippen LogP contribution in [-0.2, 0) is 0 Å². The Morgan fingerprint density at radius 3 is 3.00 bits per heavy atom. The van der Waals surface area contributed by atoms with E-state index in [2.05, 4.69) is 48.7 Å². The normalized spacial score (nSPS) is 11.5. The molecular formula is C12H12S. The maximum atomic E-state index is 2.22. The Morgan fingerprint density at radius 2 is 2.15 bits per heavy atom. The fourth-order valence-corrected chi connectivity index (χ4v) is 2.30. The summed E-state index contributed by atoms with van der Waals surface area (Å²) in [5, 5.41) is 3.59. The Bertz CT molecular complexity index is 423. The lowest BCUT2D eigenvalue weighted by atomic mass is 10.1. The number of rotatable bonds is 2. The molecule has 0 saturated heterocycles. The summed E-state index contributed by atoms with van der Waals surface area (Å²) in [5.41, 5.74) is 1.35. The van der Waals surface area contributed by atoms with Crippen molar-refractivity contribution in [2.24, 2.45) is 0 Å². The van der Waals surface area contributed by atoms with Gasteiger partial charge in [-0.3, -0.25) is 0 Å². The Balaban J connectivity index is 2.52. The second-order valence-electron chi connectivity index (χ2n) is 3.00. The summed E-state index contributed by atoms with van der Waals surface area (Å²) in [6, 6.07) is 8.54. The highest BCUT2D eigenvalue weighted by Crippen LogP contribution is 2.26. The second kappa shape index (κ2) is 3.75. The highest BCUT2D eigenvalue weighted by Gasteiger charge is 1.98. The second-order valence-corrected chi connectivity index (χ2v) is 3.91. The van der Waals surface area contributed by atoms with Crippen LogP contribution >= 0.6 is 11.3 Å². The van der Waals surface area contributed by atoms with Crippen LogP contribution in [0.1, 0.15) is 18.9 Å². The van der Waals surface area contributed by atoms with Crippen molar-refractivity contribution in [2.75, 3.05) is 0 Å². The van der Waals surface area contributed by atoms with Crippen LogP contribution in [-0.4, -0.2) is 0 Å². The van der Waals surface area contributed by atoms with Gasteiger partial charge in [0.05, 0.1) is 0 Å². The predicted molar refractivity (Wildman–Crippen MR) is 61.2 cm³/mol. The molecule has 0 radical (unpaired) electrons. The zero-order chi connectivity index (χ0) is 9.10. The molecule has 0 bridgehead atoms. The van der Waals surface area contributed by atoms with Crippen molar-refractivity contribution in [1.29, 1.82) is 0 Å². The van der Waals surface area contributed by atoms with Gasteiger partial charge in [0.15, 0.2) is 0 Å². The maximum Gasteiger partial charge on any atom is 0.0348 e. The topological polar surface area (TPSA) is 0 Å². The first kappa shape index (κ1) is 8.52. The Kier molecular flexibility index (Phi) is 2.46. The first-order valence-electron chi connectivity index (χ1n) is 4.54. The van der Waals surface area contributed by atoms with Gasteiger partial charge in [0.2, 0.25) is 0 Å². The van der Waals surface area contributed by atoms with Gasteiger partial charge in [0, 0.05) is 4.70 Å². The number of allylic oxidation sites excluding steroid dienone is 1. The Hall–Kier alpha value is -1.08. The quantitative estimate of drug-likeness (QED) is 0.658. The van der Waals surface area contributed by atoms with Crippen molar-refractivity contribution in [1.82, 2.24) is 0 Å². The average molecular weight is 188 g/mol. The number of fused-ring (bicyclic) bond motifs is 1. The third kappa shape index (κ3) is 1.65. The van der Waals surface area contributed by atoms with E-state index in [1.165, 1.54) is 15.6 Å². The van der Waals surface area contributed by atoms with Gasteiger partial charge in [-0.05, 0) is 28.8 Å².